The molecule has 0 radical (unpaired) electrons. The number of nitrogens with two attached hydrogens (primary N) is 2. The number of ether oxygens (including phenoxy) is 2. The molecule has 1 aromatic heterocycles. The van der Waals surface area contributed by atoms with Crippen LogP contribution in [0.25, 0.3) is 10.9 Å². The molecule has 0 saturated heterocycles. The Bertz CT molecular complexity index is 603. The molecule has 0 spiro atoms. The predicted molar refractivity (Wildman–Crippen MR) is 97.4 cm³/mol. The van der Waals surface area contributed by atoms with E-state index in [2.05, 4.69) is 31.8 Å². The van der Waals surface area contributed by atoms with Crippen molar-refractivity contribution in [1.82, 2.24) is 10.4 Å². The van der Waals surface area contributed by atoms with Crippen LogP contribution >= 0.6 is 0 Å². The van der Waals surface area contributed by atoms with Crippen LogP contribution in [0.15, 0.2) is 30.3 Å². The molecule has 1 heterocycles. The molecule has 8 nitrogen and oxygen atoms in total. The molecule has 0 unspecified atom stereocenters. The van der Waals surface area contributed by atoms with Crippen LogP contribution in [0, 0.1) is 11.3 Å². The molecule has 8 heteroatoms. The molecular weight excluding hydrogens is 322 g/mol. The second-order valence-corrected chi connectivity index (χ2v) is 4.76. The maximum atomic E-state index is 10.6. The number of nitrogens with one attached hydrogen (secondary N) is 2. The number of benzene rings is 1. The molecule has 25 heavy (non-hydrogen) atoms. The number of hydrogen-bond acceptors (Lipinski definition) is 7. The maximum Gasteiger partial charge on any atom is 0.307 e. The van der Waals surface area contributed by atoms with Crippen molar-refractivity contribution in [2.45, 2.75) is 12.8 Å². The highest BCUT2D eigenvalue weighted by Gasteiger charge is 1.98. The van der Waals surface area contributed by atoms with Gasteiger partial charge in [0.1, 0.15) is 6.61 Å². The molecule has 1 aromatic carbocycles. The minimum Gasteiger partial charge on any atom is -0.463 e. The van der Waals surface area contributed by atoms with Crippen LogP contribution in [0.5, 0.6) is 0 Å². The number of methoxy groups -OCH3 is 1. The van der Waals surface area contributed by atoms with Crippen LogP contribution in [0.2, 0.25) is 0 Å². The Morgan fingerprint density at radius 1 is 1.36 bits per heavy atom. The van der Waals surface area contributed by atoms with Crippen LogP contribution in [-0.4, -0.2) is 44.9 Å². The Hall–Kier alpha value is -2.44. The fourth-order valence-electron chi connectivity index (χ4n) is 1.74. The Kier molecular flexibility index (Phi) is 13.6. The van der Waals surface area contributed by atoms with E-state index in [-0.39, 0.29) is 12.4 Å². The minimum absolute atomic E-state index is 0.264. The smallest absolute Gasteiger partial charge is 0.307 e. The Morgan fingerprint density at radius 3 is 2.60 bits per heavy atom. The molecule has 138 valence electrons. The van der Waals surface area contributed by atoms with Gasteiger partial charge in [-0.1, -0.05) is 18.2 Å². The van der Waals surface area contributed by atoms with Gasteiger partial charge in [0.05, 0.1) is 25.5 Å². The van der Waals surface area contributed by atoms with Crippen molar-refractivity contribution >= 4 is 16.9 Å². The minimum atomic E-state index is -0.264. The molecule has 2 rings (SSSR count). The molecule has 0 bridgehead atoms. The van der Waals surface area contributed by atoms with Crippen molar-refractivity contribution in [3.05, 3.63) is 36.0 Å². The quantitative estimate of drug-likeness (QED) is 0.262. The van der Waals surface area contributed by atoms with E-state index in [1.807, 2.05) is 30.3 Å². The van der Waals surface area contributed by atoms with Gasteiger partial charge in [0.2, 0.25) is 0 Å². The number of carbonyl (C=O) groups is 1. The zero-order valence-corrected chi connectivity index (χ0v) is 14.7. The largest absolute Gasteiger partial charge is 0.463 e. The molecule has 0 aliphatic heterocycles. The van der Waals surface area contributed by atoms with E-state index in [0.29, 0.717) is 26.2 Å². The SMILES string of the molecule is CNN.COCCOC(=O)CCN.N#CCc1cc2ccccc2[nH]1. The van der Waals surface area contributed by atoms with E-state index in [0.717, 1.165) is 11.2 Å². The fraction of sp³-hybridized carbons (Fsp3) is 0.412. The van der Waals surface area contributed by atoms with Gasteiger partial charge in [-0.2, -0.15) is 5.26 Å². The summed E-state index contributed by atoms with van der Waals surface area (Å²) in [6.07, 6.45) is 0.735. The summed E-state index contributed by atoms with van der Waals surface area (Å²) in [7, 11) is 3.21. The topological polar surface area (TPSA) is 139 Å². The molecule has 0 atom stereocenters. The van der Waals surface area contributed by atoms with Crippen molar-refractivity contribution in [1.29, 1.82) is 5.26 Å². The molecule has 0 saturated carbocycles. The zero-order chi connectivity index (χ0) is 18.9. The normalized spacial score (nSPS) is 9.24. The van der Waals surface area contributed by atoms with Crippen molar-refractivity contribution in [3.8, 4) is 6.07 Å². The van der Waals surface area contributed by atoms with Crippen molar-refractivity contribution < 1.29 is 14.3 Å². The lowest BCUT2D eigenvalue weighted by atomic mass is 10.2. The summed E-state index contributed by atoms with van der Waals surface area (Å²) in [5.74, 6) is 4.33. The highest BCUT2D eigenvalue weighted by molar-refractivity contribution is 5.80. The monoisotopic (exact) mass is 349 g/mol. The van der Waals surface area contributed by atoms with E-state index in [4.69, 9.17) is 11.0 Å². The lowest BCUT2D eigenvalue weighted by Gasteiger charge is -2.01. The third-order valence-corrected chi connectivity index (χ3v) is 2.75. The van der Waals surface area contributed by atoms with Crippen LogP contribution in [-0.2, 0) is 20.7 Å². The molecule has 0 aliphatic rings. The van der Waals surface area contributed by atoms with E-state index in [9.17, 15) is 4.79 Å². The number of carbonyl (C=O) groups excluding carboxylic acids is 1. The molecule has 0 aliphatic carbocycles. The average molecular weight is 349 g/mol. The van der Waals surface area contributed by atoms with Gasteiger partial charge in [-0.05, 0) is 24.6 Å². The second kappa shape index (κ2) is 15.1. The summed E-state index contributed by atoms with van der Waals surface area (Å²) in [6, 6.07) is 12.1. The summed E-state index contributed by atoms with van der Waals surface area (Å²) in [5, 5.41) is 9.64. The number of nitriles is 1. The number of hydrazine groups is 1. The summed E-state index contributed by atoms with van der Waals surface area (Å²) < 4.78 is 9.34. The Balaban J connectivity index is 0.000000406. The van der Waals surface area contributed by atoms with Gasteiger partial charge in [-0.25, -0.2) is 0 Å². The van der Waals surface area contributed by atoms with E-state index < -0.39 is 0 Å². The zero-order valence-electron chi connectivity index (χ0n) is 14.7. The Morgan fingerprint density at radius 2 is 2.04 bits per heavy atom. The van der Waals surface area contributed by atoms with Gasteiger partial charge >= 0.3 is 5.97 Å². The number of para-hydroxylation sites is 1. The molecule has 0 amide bonds. The number of aromatic amines is 1. The van der Waals surface area contributed by atoms with Gasteiger partial charge in [0.15, 0.2) is 0 Å². The van der Waals surface area contributed by atoms with Gasteiger partial charge in [-0.15, -0.1) is 0 Å². The second-order valence-electron chi connectivity index (χ2n) is 4.76. The highest BCUT2D eigenvalue weighted by atomic mass is 16.6. The van der Waals surface area contributed by atoms with Crippen molar-refractivity contribution in [2.24, 2.45) is 11.6 Å². The summed E-state index contributed by atoms with van der Waals surface area (Å²) >= 11 is 0. The number of fused-ring (bicyclic) bond motifs is 1. The van der Waals surface area contributed by atoms with Crippen molar-refractivity contribution in [3.63, 3.8) is 0 Å². The first kappa shape index (κ1) is 22.6. The lowest BCUT2D eigenvalue weighted by molar-refractivity contribution is -0.144. The summed E-state index contributed by atoms with van der Waals surface area (Å²) in [6.45, 7) is 1.09. The number of hydrogen-bond donors (Lipinski definition) is 4. The maximum absolute atomic E-state index is 10.6. The molecular formula is C17H27N5O3. The summed E-state index contributed by atoms with van der Waals surface area (Å²) in [5.41, 5.74) is 9.44. The first-order chi connectivity index (χ1) is 12.1. The standard InChI is InChI=1S/C10H8N2.C6H13NO3.CH6N2/c11-6-5-9-7-8-3-1-2-4-10(8)12-9;1-9-4-5-10-6(8)2-3-7;1-3-2/h1-4,7,12H,5H2;2-5,7H2,1H3;3H,2H2,1H3. The first-order valence-electron chi connectivity index (χ1n) is 7.78. The van der Waals surface area contributed by atoms with Crippen molar-refractivity contribution in [2.75, 3.05) is 33.9 Å². The number of rotatable bonds is 6. The number of H-pyrrole nitrogens is 1. The van der Waals surface area contributed by atoms with E-state index in [1.165, 1.54) is 5.39 Å². The van der Waals surface area contributed by atoms with Crippen LogP contribution in [0.3, 0.4) is 0 Å². The highest BCUT2D eigenvalue weighted by Crippen LogP contribution is 2.14. The van der Waals surface area contributed by atoms with Crippen LogP contribution in [0.4, 0.5) is 0 Å². The third kappa shape index (κ3) is 10.9. The number of esters is 1. The van der Waals surface area contributed by atoms with Gasteiger partial charge < -0.3 is 20.2 Å². The van der Waals surface area contributed by atoms with Crippen LogP contribution < -0.4 is 17.0 Å². The van der Waals surface area contributed by atoms with Crippen LogP contribution in [0.1, 0.15) is 12.1 Å². The number of nitrogens with zero attached hydrogens (tertiary/aromatic N) is 1. The fourth-order valence-corrected chi connectivity index (χ4v) is 1.74. The average Bonchev–Trinajstić information content (AvgIpc) is 2.99. The summed E-state index contributed by atoms with van der Waals surface area (Å²) in [4.78, 5) is 13.7. The molecule has 0 fully saturated rings. The lowest BCUT2D eigenvalue weighted by Crippen LogP contribution is -2.13. The third-order valence-electron chi connectivity index (χ3n) is 2.75. The molecule has 2 aromatic rings. The predicted octanol–water partition coefficient (Wildman–Crippen LogP) is 0.838. The molecule has 6 N–H and O–H groups in total. The first-order valence-corrected chi connectivity index (χ1v) is 7.78. The Labute approximate surface area is 148 Å². The van der Waals surface area contributed by atoms with Gasteiger partial charge in [-0.3, -0.25) is 16.1 Å². The van der Waals surface area contributed by atoms with E-state index >= 15 is 0 Å². The van der Waals surface area contributed by atoms with Gasteiger partial charge in [0, 0.05) is 24.9 Å². The number of aromatic nitrogens is 1. The van der Waals surface area contributed by atoms with E-state index in [1.54, 1.807) is 14.2 Å². The van der Waals surface area contributed by atoms with Gasteiger partial charge in [0.25, 0.3) is 0 Å².